The average Bonchev–Trinajstić information content (AvgIpc) is 3.14. The Balaban J connectivity index is 0.951. The van der Waals surface area contributed by atoms with Crippen molar-refractivity contribution in [3.63, 3.8) is 0 Å². The molecule has 0 aromatic heterocycles. The molecule has 6 rings (SSSR count). The normalized spacial score (nSPS) is 24.2. The molecule has 4 amide bonds. The van der Waals surface area contributed by atoms with Gasteiger partial charge in [-0.25, -0.2) is 0 Å². The van der Waals surface area contributed by atoms with E-state index in [4.69, 9.17) is 0 Å². The molecular formula is C41H52N6O4. The number of nitrogens with one attached hydrogen (secondary N) is 4. The number of carbonyl (C=O) groups excluding carboxylic acids is 4. The van der Waals surface area contributed by atoms with Crippen LogP contribution in [0.5, 0.6) is 0 Å². The number of amides is 4. The fourth-order valence-electron chi connectivity index (χ4n) is 8.20. The number of benzene rings is 3. The highest BCUT2D eigenvalue weighted by Gasteiger charge is 2.36. The first-order chi connectivity index (χ1) is 24.7. The highest BCUT2D eigenvalue weighted by Crippen LogP contribution is 2.40. The average molecular weight is 693 g/mol. The molecule has 2 heterocycles. The lowest BCUT2D eigenvalue weighted by Crippen LogP contribution is -2.47. The van der Waals surface area contributed by atoms with Crippen LogP contribution in [0.15, 0.2) is 72.8 Å². The molecule has 2 unspecified atom stereocenters. The molecule has 1 saturated carbocycles. The summed E-state index contributed by atoms with van der Waals surface area (Å²) < 4.78 is 0. The molecule has 3 aromatic carbocycles. The van der Waals surface area contributed by atoms with E-state index in [1.54, 1.807) is 0 Å². The van der Waals surface area contributed by atoms with E-state index in [9.17, 15) is 19.2 Å². The van der Waals surface area contributed by atoms with Crippen LogP contribution in [-0.4, -0.2) is 48.3 Å². The Labute approximate surface area is 301 Å². The van der Waals surface area contributed by atoms with Crippen molar-refractivity contribution in [2.45, 2.75) is 109 Å². The quantitative estimate of drug-likeness (QED) is 0.184. The molecule has 0 bridgehead atoms. The number of rotatable bonds is 10. The summed E-state index contributed by atoms with van der Waals surface area (Å²) in [7, 11) is 0. The third kappa shape index (κ3) is 8.12. The predicted octanol–water partition coefficient (Wildman–Crippen LogP) is 6.85. The highest BCUT2D eigenvalue weighted by atomic mass is 16.2. The zero-order valence-corrected chi connectivity index (χ0v) is 30.3. The van der Waals surface area contributed by atoms with Gasteiger partial charge in [-0.3, -0.25) is 19.2 Å². The number of fused-ring (bicyclic) bond motifs is 2. The van der Waals surface area contributed by atoms with E-state index in [0.29, 0.717) is 24.6 Å². The third-order valence-electron chi connectivity index (χ3n) is 10.8. The molecule has 3 aromatic rings. The molecule has 0 spiro atoms. The smallest absolute Gasteiger partial charge is 0.243 e. The molecule has 4 N–H and O–H groups in total. The monoisotopic (exact) mass is 692 g/mol. The lowest BCUT2D eigenvalue weighted by molar-refractivity contribution is -0.128. The minimum absolute atomic E-state index is 0.0507. The van der Waals surface area contributed by atoms with Crippen molar-refractivity contribution in [1.82, 2.24) is 10.6 Å². The van der Waals surface area contributed by atoms with Crippen LogP contribution in [0.2, 0.25) is 0 Å². The van der Waals surface area contributed by atoms with Crippen LogP contribution in [0.1, 0.15) is 102 Å². The number of carbonyl (C=O) groups is 4. The maximum atomic E-state index is 13.0. The molecular weight excluding hydrogens is 640 g/mol. The summed E-state index contributed by atoms with van der Waals surface area (Å²) in [5, 5.41) is 13.2. The summed E-state index contributed by atoms with van der Waals surface area (Å²) in [6.45, 7) is 7.93. The van der Waals surface area contributed by atoms with E-state index in [1.807, 2.05) is 84.3 Å². The number of hydrogen-bond donors (Lipinski definition) is 4. The molecule has 270 valence electrons. The Morgan fingerprint density at radius 3 is 1.75 bits per heavy atom. The molecule has 10 heteroatoms. The van der Waals surface area contributed by atoms with Gasteiger partial charge in [0.25, 0.3) is 0 Å². The van der Waals surface area contributed by atoms with Gasteiger partial charge in [0.15, 0.2) is 0 Å². The van der Waals surface area contributed by atoms with Crippen LogP contribution < -0.4 is 31.1 Å². The van der Waals surface area contributed by atoms with E-state index >= 15 is 0 Å². The van der Waals surface area contributed by atoms with Crippen LogP contribution >= 0.6 is 0 Å². The second-order valence-corrected chi connectivity index (χ2v) is 14.3. The van der Waals surface area contributed by atoms with Gasteiger partial charge in [-0.1, -0.05) is 50.2 Å². The molecule has 0 radical (unpaired) electrons. The standard InChI is InChI=1S/C41H52N6O4/c1-5-39(49)46-26(3)23-34(32-11-7-9-13-36(32)46)43-29-17-15-28(16-18-29)41(51)42-25-38(48)45-31-21-19-30(20-22-31)44-35-24-27(4)47(40(50)6-2)37-14-10-8-12-33(35)37/h7-14,19-22,26-29,34-35,43-44H,5-6,15-18,23-25H2,1-4H3,(H,42,51)(H,45,48)/t26?,27-,28?,29?,34?,35+/m0/s1. The summed E-state index contributed by atoms with van der Waals surface area (Å²) in [6.07, 6.45) is 5.89. The minimum Gasteiger partial charge on any atom is -0.378 e. The van der Waals surface area contributed by atoms with Gasteiger partial charge in [-0.05, 0) is 99.9 Å². The topological polar surface area (TPSA) is 123 Å². The second-order valence-electron chi connectivity index (χ2n) is 14.3. The number of nitrogens with zero attached hydrogens (tertiary/aromatic N) is 2. The fraction of sp³-hybridized carbons (Fsp3) is 0.463. The lowest BCUT2D eigenvalue weighted by atomic mass is 9.83. The number of hydrogen-bond acceptors (Lipinski definition) is 6. The molecule has 1 aliphatic carbocycles. The van der Waals surface area contributed by atoms with Gasteiger partial charge in [-0.15, -0.1) is 0 Å². The van der Waals surface area contributed by atoms with E-state index in [-0.39, 0.29) is 60.3 Å². The van der Waals surface area contributed by atoms with Gasteiger partial charge in [0.1, 0.15) is 0 Å². The molecule has 10 nitrogen and oxygen atoms in total. The summed E-state index contributed by atoms with van der Waals surface area (Å²) >= 11 is 0. The maximum absolute atomic E-state index is 13.0. The van der Waals surface area contributed by atoms with Crippen LogP contribution in [0.25, 0.3) is 0 Å². The van der Waals surface area contributed by atoms with Crippen molar-refractivity contribution < 1.29 is 19.2 Å². The lowest BCUT2D eigenvalue weighted by Gasteiger charge is -2.41. The Bertz CT molecular complexity index is 1720. The molecule has 2 aliphatic heterocycles. The summed E-state index contributed by atoms with van der Waals surface area (Å²) in [6, 6.07) is 24.5. The van der Waals surface area contributed by atoms with Crippen molar-refractivity contribution in [1.29, 1.82) is 0 Å². The zero-order valence-electron chi connectivity index (χ0n) is 30.3. The largest absolute Gasteiger partial charge is 0.378 e. The molecule has 3 aliphatic rings. The zero-order chi connectivity index (χ0) is 36.1. The van der Waals surface area contributed by atoms with Crippen LogP contribution in [-0.2, 0) is 19.2 Å². The Hall–Kier alpha value is -4.70. The Morgan fingerprint density at radius 2 is 1.18 bits per heavy atom. The van der Waals surface area contributed by atoms with Crippen molar-refractivity contribution in [2.24, 2.45) is 5.92 Å². The van der Waals surface area contributed by atoms with Gasteiger partial charge in [0.05, 0.1) is 12.6 Å². The minimum atomic E-state index is -0.268. The van der Waals surface area contributed by atoms with Crippen molar-refractivity contribution in [2.75, 3.05) is 27.0 Å². The van der Waals surface area contributed by atoms with E-state index in [1.165, 1.54) is 0 Å². The van der Waals surface area contributed by atoms with Gasteiger partial charge >= 0.3 is 0 Å². The van der Waals surface area contributed by atoms with E-state index in [2.05, 4.69) is 47.2 Å². The van der Waals surface area contributed by atoms with Crippen molar-refractivity contribution >= 4 is 46.4 Å². The van der Waals surface area contributed by atoms with Crippen LogP contribution in [0.3, 0.4) is 0 Å². The van der Waals surface area contributed by atoms with E-state index < -0.39 is 0 Å². The summed E-state index contributed by atoms with van der Waals surface area (Å²) in [5.41, 5.74) is 5.79. The second kappa shape index (κ2) is 16.1. The molecule has 1 fully saturated rings. The first kappa shape index (κ1) is 36.1. The third-order valence-corrected chi connectivity index (χ3v) is 10.8. The van der Waals surface area contributed by atoms with Crippen LogP contribution in [0, 0.1) is 5.92 Å². The van der Waals surface area contributed by atoms with Crippen molar-refractivity contribution in [3.8, 4) is 0 Å². The van der Waals surface area contributed by atoms with Crippen molar-refractivity contribution in [3.05, 3.63) is 83.9 Å². The summed E-state index contributed by atoms with van der Waals surface area (Å²) in [5.74, 6) is -0.182. The molecule has 51 heavy (non-hydrogen) atoms. The first-order valence-electron chi connectivity index (χ1n) is 18.7. The van der Waals surface area contributed by atoms with Gasteiger partial charge in [-0.2, -0.15) is 0 Å². The van der Waals surface area contributed by atoms with Gasteiger partial charge in [0.2, 0.25) is 23.6 Å². The molecule has 4 atom stereocenters. The SMILES string of the molecule is CCC(=O)N1c2ccccc2C(NC2CCC(C(=O)NCC(=O)Nc3ccc(N[C@@H]4C[C@H](C)N(C(=O)CC)c5ccccc54)cc3)CC2)CC1C. The first-order valence-corrected chi connectivity index (χ1v) is 18.7. The Morgan fingerprint density at radius 1 is 0.667 bits per heavy atom. The fourth-order valence-corrected chi connectivity index (χ4v) is 8.20. The van der Waals surface area contributed by atoms with E-state index in [0.717, 1.165) is 66.7 Å². The van der Waals surface area contributed by atoms with Gasteiger partial charge < -0.3 is 31.1 Å². The molecule has 0 saturated heterocycles. The summed E-state index contributed by atoms with van der Waals surface area (Å²) in [4.78, 5) is 55.0. The highest BCUT2D eigenvalue weighted by molar-refractivity contribution is 5.96. The van der Waals surface area contributed by atoms with Crippen LogP contribution in [0.4, 0.5) is 22.7 Å². The maximum Gasteiger partial charge on any atom is 0.243 e. The van der Waals surface area contributed by atoms with Gasteiger partial charge in [0, 0.05) is 65.7 Å². The number of anilines is 4. The Kier molecular flexibility index (Phi) is 11.4. The predicted molar refractivity (Wildman–Crippen MR) is 203 cm³/mol. The number of para-hydroxylation sites is 2.